The van der Waals surface area contributed by atoms with E-state index in [1.54, 1.807) is 30.3 Å². The number of hydrogen-bond donors (Lipinski definition) is 2. The Labute approximate surface area is 120 Å². The van der Waals surface area contributed by atoms with Crippen molar-refractivity contribution >= 4 is 11.6 Å². The molecule has 0 spiro atoms. The fraction of sp³-hybridized carbons (Fsp3) is 0.0667. The number of nitrogens with two attached hydrogens (primary N) is 1. The van der Waals surface area contributed by atoms with Crippen LogP contribution in [0.15, 0.2) is 53.7 Å². The van der Waals surface area contributed by atoms with E-state index in [0.29, 0.717) is 5.56 Å². The monoisotopic (exact) mass is 288 g/mol. The lowest BCUT2D eigenvalue weighted by atomic mass is 10.1. The number of halogens is 1. The van der Waals surface area contributed by atoms with Crippen molar-refractivity contribution in [3.8, 4) is 11.5 Å². The predicted octanol–water partition coefficient (Wildman–Crippen LogP) is 2.19. The summed E-state index contributed by atoms with van der Waals surface area (Å²) in [5.41, 5.74) is 6.07. The number of phenols is 1. The molecule has 0 saturated carbocycles. The molecule has 0 saturated heterocycles. The van der Waals surface area contributed by atoms with E-state index in [9.17, 15) is 14.3 Å². The van der Waals surface area contributed by atoms with Crippen molar-refractivity contribution in [3.05, 3.63) is 59.9 Å². The molecule has 2 aromatic rings. The summed E-state index contributed by atoms with van der Waals surface area (Å²) in [4.78, 5) is 16.1. The molecule has 0 bridgehead atoms. The van der Waals surface area contributed by atoms with Crippen LogP contribution >= 0.6 is 0 Å². The molecule has 0 atom stereocenters. The van der Waals surface area contributed by atoms with Gasteiger partial charge in [-0.2, -0.15) is 4.39 Å². The third kappa shape index (κ3) is 3.79. The van der Waals surface area contributed by atoms with Gasteiger partial charge < -0.3 is 15.7 Å². The highest BCUT2D eigenvalue weighted by atomic mass is 19.1. The third-order valence-electron chi connectivity index (χ3n) is 2.65. The molecule has 5 nitrogen and oxygen atoms in total. The molecule has 0 aromatic heterocycles. The SMILES string of the molecule is NC(=O)C/C(=N\Oc1cccc(O)c1F)c1ccccc1. The first-order valence-corrected chi connectivity index (χ1v) is 6.13. The maximum Gasteiger partial charge on any atom is 0.223 e. The molecular formula is C15H13FN2O3. The molecule has 1 amide bonds. The minimum absolute atomic E-state index is 0.148. The molecule has 0 fully saturated rings. The average molecular weight is 288 g/mol. The fourth-order valence-corrected chi connectivity index (χ4v) is 1.66. The Bertz CT molecular complexity index is 672. The fourth-order valence-electron chi connectivity index (χ4n) is 1.66. The number of oxime groups is 1. The number of nitrogens with zero attached hydrogens (tertiary/aromatic N) is 1. The Kier molecular flexibility index (Phi) is 4.50. The molecule has 0 radical (unpaired) electrons. The largest absolute Gasteiger partial charge is 0.505 e. The number of primary amides is 1. The van der Waals surface area contributed by atoms with Crippen LogP contribution in [-0.4, -0.2) is 16.7 Å². The van der Waals surface area contributed by atoms with E-state index in [2.05, 4.69) is 5.16 Å². The second kappa shape index (κ2) is 6.51. The van der Waals surface area contributed by atoms with Crippen LogP contribution < -0.4 is 10.6 Å². The van der Waals surface area contributed by atoms with E-state index in [-0.39, 0.29) is 17.9 Å². The summed E-state index contributed by atoms with van der Waals surface area (Å²) in [6.07, 6.45) is -0.148. The predicted molar refractivity (Wildman–Crippen MR) is 75.5 cm³/mol. The summed E-state index contributed by atoms with van der Waals surface area (Å²) in [7, 11) is 0. The summed E-state index contributed by atoms with van der Waals surface area (Å²) in [5.74, 6) is -2.29. The molecule has 3 N–H and O–H groups in total. The first kappa shape index (κ1) is 14.5. The first-order chi connectivity index (χ1) is 10.1. The Balaban J connectivity index is 2.29. The number of aromatic hydroxyl groups is 1. The summed E-state index contributed by atoms with van der Waals surface area (Å²) in [6, 6.07) is 12.7. The van der Waals surface area contributed by atoms with Gasteiger partial charge in [0.15, 0.2) is 11.5 Å². The van der Waals surface area contributed by atoms with Crippen molar-refractivity contribution in [1.29, 1.82) is 0 Å². The average Bonchev–Trinajstić information content (AvgIpc) is 2.48. The van der Waals surface area contributed by atoms with Crippen LogP contribution in [0.25, 0.3) is 0 Å². The van der Waals surface area contributed by atoms with E-state index >= 15 is 0 Å². The van der Waals surface area contributed by atoms with Gasteiger partial charge in [-0.15, -0.1) is 0 Å². The van der Waals surface area contributed by atoms with Crippen molar-refractivity contribution in [2.45, 2.75) is 6.42 Å². The van der Waals surface area contributed by atoms with Crippen LogP contribution in [0, 0.1) is 5.82 Å². The van der Waals surface area contributed by atoms with E-state index < -0.39 is 17.5 Å². The van der Waals surface area contributed by atoms with Crippen molar-refractivity contribution in [3.63, 3.8) is 0 Å². The van der Waals surface area contributed by atoms with Crippen LogP contribution in [0.5, 0.6) is 11.5 Å². The lowest BCUT2D eigenvalue weighted by Gasteiger charge is -2.06. The van der Waals surface area contributed by atoms with Gasteiger partial charge in [-0.3, -0.25) is 4.79 Å². The lowest BCUT2D eigenvalue weighted by molar-refractivity contribution is -0.116. The summed E-state index contributed by atoms with van der Waals surface area (Å²) in [6.45, 7) is 0. The van der Waals surface area contributed by atoms with Gasteiger partial charge in [-0.1, -0.05) is 41.6 Å². The number of phenolic OH excluding ortho intramolecular Hbond substituents is 1. The van der Waals surface area contributed by atoms with Gasteiger partial charge in [-0.05, 0) is 17.7 Å². The van der Waals surface area contributed by atoms with Gasteiger partial charge in [0.1, 0.15) is 0 Å². The smallest absolute Gasteiger partial charge is 0.223 e. The molecule has 6 heteroatoms. The van der Waals surface area contributed by atoms with Crippen molar-refractivity contribution in [2.75, 3.05) is 0 Å². The zero-order valence-electron chi connectivity index (χ0n) is 11.0. The Morgan fingerprint density at radius 1 is 1.19 bits per heavy atom. The number of carbonyl (C=O) groups excluding carboxylic acids is 1. The minimum atomic E-state index is -0.923. The van der Waals surface area contributed by atoms with Gasteiger partial charge in [0, 0.05) is 0 Å². The van der Waals surface area contributed by atoms with E-state index in [4.69, 9.17) is 10.6 Å². The second-order valence-electron chi connectivity index (χ2n) is 4.23. The van der Waals surface area contributed by atoms with Crippen molar-refractivity contribution in [2.24, 2.45) is 10.9 Å². The maximum atomic E-state index is 13.6. The molecule has 0 aliphatic rings. The molecule has 108 valence electrons. The van der Waals surface area contributed by atoms with Crippen LogP contribution in [0.3, 0.4) is 0 Å². The number of rotatable bonds is 5. The maximum absolute atomic E-state index is 13.6. The Morgan fingerprint density at radius 2 is 1.90 bits per heavy atom. The molecule has 0 aliphatic heterocycles. The van der Waals surface area contributed by atoms with Crippen molar-refractivity contribution in [1.82, 2.24) is 0 Å². The van der Waals surface area contributed by atoms with Crippen LogP contribution in [0.1, 0.15) is 12.0 Å². The second-order valence-corrected chi connectivity index (χ2v) is 4.23. The Morgan fingerprint density at radius 3 is 2.57 bits per heavy atom. The zero-order chi connectivity index (χ0) is 15.2. The Hall–Kier alpha value is -2.89. The van der Waals surface area contributed by atoms with Gasteiger partial charge in [0.05, 0.1) is 12.1 Å². The molecule has 0 aliphatic carbocycles. The molecular weight excluding hydrogens is 275 g/mol. The lowest BCUT2D eigenvalue weighted by Crippen LogP contribution is -2.17. The van der Waals surface area contributed by atoms with Crippen LogP contribution in [-0.2, 0) is 4.79 Å². The molecule has 2 rings (SSSR count). The normalized spacial score (nSPS) is 11.2. The van der Waals surface area contributed by atoms with Crippen LogP contribution in [0.2, 0.25) is 0 Å². The molecule has 2 aromatic carbocycles. The molecule has 0 heterocycles. The quantitative estimate of drug-likeness (QED) is 0.653. The standard InChI is InChI=1S/C15H13FN2O3/c16-15-12(19)7-4-8-13(15)21-18-11(9-14(17)20)10-5-2-1-3-6-10/h1-8,19H,9H2,(H2,17,20)/b18-11+. The third-order valence-corrected chi connectivity index (χ3v) is 2.65. The van der Waals surface area contributed by atoms with Gasteiger partial charge >= 0.3 is 0 Å². The summed E-state index contributed by atoms with van der Waals surface area (Å²) in [5, 5.41) is 13.0. The molecule has 21 heavy (non-hydrogen) atoms. The number of amides is 1. The van der Waals surface area contributed by atoms with Gasteiger partial charge in [0.2, 0.25) is 11.7 Å². The zero-order valence-corrected chi connectivity index (χ0v) is 11.0. The van der Waals surface area contributed by atoms with Crippen LogP contribution in [0.4, 0.5) is 4.39 Å². The van der Waals surface area contributed by atoms with E-state index in [0.717, 1.165) is 0 Å². The van der Waals surface area contributed by atoms with Gasteiger partial charge in [0.25, 0.3) is 0 Å². The first-order valence-electron chi connectivity index (χ1n) is 6.13. The van der Waals surface area contributed by atoms with E-state index in [1.165, 1.54) is 18.2 Å². The number of carbonyl (C=O) groups is 1. The number of hydrogen-bond acceptors (Lipinski definition) is 4. The van der Waals surface area contributed by atoms with E-state index in [1.807, 2.05) is 0 Å². The topological polar surface area (TPSA) is 84.9 Å². The highest BCUT2D eigenvalue weighted by molar-refractivity contribution is 6.09. The summed E-state index contributed by atoms with van der Waals surface area (Å²) >= 11 is 0. The van der Waals surface area contributed by atoms with Gasteiger partial charge in [-0.25, -0.2) is 0 Å². The minimum Gasteiger partial charge on any atom is -0.505 e. The summed E-state index contributed by atoms with van der Waals surface area (Å²) < 4.78 is 13.6. The molecule has 0 unspecified atom stereocenters. The van der Waals surface area contributed by atoms with Crippen molar-refractivity contribution < 1.29 is 19.1 Å². The number of benzene rings is 2. The highest BCUT2D eigenvalue weighted by Crippen LogP contribution is 2.25. The highest BCUT2D eigenvalue weighted by Gasteiger charge is 2.11.